The van der Waals surface area contributed by atoms with E-state index in [1.54, 1.807) is 11.6 Å². The second-order valence-electron chi connectivity index (χ2n) is 5.11. The Labute approximate surface area is 112 Å². The van der Waals surface area contributed by atoms with Gasteiger partial charge in [0, 0.05) is 24.8 Å². The molecule has 0 amide bonds. The molecule has 0 bridgehead atoms. The van der Waals surface area contributed by atoms with E-state index in [0.717, 1.165) is 17.0 Å². The van der Waals surface area contributed by atoms with Gasteiger partial charge in [0.2, 0.25) is 5.95 Å². The summed E-state index contributed by atoms with van der Waals surface area (Å²) in [6.45, 7) is 0.472. The third-order valence-electron chi connectivity index (χ3n) is 3.75. The first-order chi connectivity index (χ1) is 9.29. The van der Waals surface area contributed by atoms with E-state index in [9.17, 15) is 0 Å². The van der Waals surface area contributed by atoms with Crippen molar-refractivity contribution in [2.24, 2.45) is 0 Å². The van der Waals surface area contributed by atoms with Gasteiger partial charge in [-0.2, -0.15) is 9.50 Å². The number of aromatic nitrogens is 4. The summed E-state index contributed by atoms with van der Waals surface area (Å²) in [5, 5.41) is 4.30. The van der Waals surface area contributed by atoms with E-state index in [2.05, 4.69) is 15.1 Å². The highest BCUT2D eigenvalue weighted by atomic mass is 16.5. The van der Waals surface area contributed by atoms with Crippen LogP contribution in [-0.2, 0) is 11.3 Å². The number of nitrogens with zero attached hydrogens (tertiary/aromatic N) is 4. The fourth-order valence-corrected chi connectivity index (χ4v) is 2.85. The van der Waals surface area contributed by atoms with Gasteiger partial charge < -0.3 is 10.5 Å². The van der Waals surface area contributed by atoms with Crippen LogP contribution in [-0.4, -0.2) is 26.7 Å². The van der Waals surface area contributed by atoms with Gasteiger partial charge in [0.05, 0.1) is 6.61 Å². The van der Waals surface area contributed by atoms with E-state index in [1.165, 1.54) is 32.1 Å². The van der Waals surface area contributed by atoms with Gasteiger partial charge in [-0.3, -0.25) is 0 Å². The topological polar surface area (TPSA) is 78.3 Å². The number of fused-ring (bicyclic) bond motifs is 1. The van der Waals surface area contributed by atoms with Crippen molar-refractivity contribution in [1.29, 1.82) is 0 Å². The molecule has 3 rings (SSSR count). The molecule has 1 saturated carbocycles. The summed E-state index contributed by atoms with van der Waals surface area (Å²) in [6.07, 6.45) is 8.03. The van der Waals surface area contributed by atoms with E-state index >= 15 is 0 Å². The zero-order valence-electron chi connectivity index (χ0n) is 11.2. The number of rotatable bonds is 3. The molecule has 2 aromatic heterocycles. The fraction of sp³-hybridized carbons (Fsp3) is 0.615. The SMILES string of the molecule is COCc1cnc(C2CCCCC2)n2nc(N)nc12. The summed E-state index contributed by atoms with van der Waals surface area (Å²) in [6, 6.07) is 0. The molecule has 0 spiro atoms. The van der Waals surface area contributed by atoms with Gasteiger partial charge in [-0.1, -0.05) is 19.3 Å². The summed E-state index contributed by atoms with van der Waals surface area (Å²) in [5.41, 5.74) is 7.44. The predicted octanol–water partition coefficient (Wildman–Crippen LogP) is 1.90. The van der Waals surface area contributed by atoms with Crippen LogP contribution in [0.5, 0.6) is 0 Å². The third-order valence-corrected chi connectivity index (χ3v) is 3.75. The summed E-state index contributed by atoms with van der Waals surface area (Å²) in [5.74, 6) is 1.75. The molecule has 0 unspecified atom stereocenters. The Bertz CT molecular complexity index is 574. The minimum absolute atomic E-state index is 0.294. The van der Waals surface area contributed by atoms with Crippen molar-refractivity contribution in [3.63, 3.8) is 0 Å². The van der Waals surface area contributed by atoms with Crippen LogP contribution in [0.2, 0.25) is 0 Å². The predicted molar refractivity (Wildman–Crippen MR) is 71.7 cm³/mol. The van der Waals surface area contributed by atoms with Crippen LogP contribution in [0.1, 0.15) is 49.4 Å². The molecule has 2 aromatic rings. The van der Waals surface area contributed by atoms with E-state index < -0.39 is 0 Å². The summed E-state index contributed by atoms with van der Waals surface area (Å²) >= 11 is 0. The monoisotopic (exact) mass is 261 g/mol. The standard InChI is InChI=1S/C13H19N5O/c1-19-8-10-7-15-11(9-5-3-2-4-6-9)18-12(10)16-13(14)17-18/h7,9H,2-6,8H2,1H3,(H2,14,17). The Balaban J connectivity index is 2.07. The molecule has 19 heavy (non-hydrogen) atoms. The lowest BCUT2D eigenvalue weighted by Gasteiger charge is -2.21. The van der Waals surface area contributed by atoms with Gasteiger partial charge in [0.25, 0.3) is 0 Å². The quantitative estimate of drug-likeness (QED) is 0.913. The van der Waals surface area contributed by atoms with Crippen molar-refractivity contribution in [1.82, 2.24) is 19.6 Å². The van der Waals surface area contributed by atoms with Crippen molar-refractivity contribution in [3.05, 3.63) is 17.6 Å². The van der Waals surface area contributed by atoms with Crippen molar-refractivity contribution in [3.8, 4) is 0 Å². The highest BCUT2D eigenvalue weighted by Crippen LogP contribution is 2.31. The maximum atomic E-state index is 5.74. The molecule has 1 fully saturated rings. The van der Waals surface area contributed by atoms with E-state index in [-0.39, 0.29) is 0 Å². The lowest BCUT2D eigenvalue weighted by molar-refractivity contribution is 0.185. The maximum Gasteiger partial charge on any atom is 0.240 e. The molecule has 2 heterocycles. The number of anilines is 1. The lowest BCUT2D eigenvalue weighted by Crippen LogP contribution is -2.13. The number of hydrogen-bond donors (Lipinski definition) is 1. The van der Waals surface area contributed by atoms with Crippen molar-refractivity contribution < 1.29 is 4.74 Å². The molecular formula is C13H19N5O. The number of hydrogen-bond acceptors (Lipinski definition) is 5. The Kier molecular flexibility index (Phi) is 3.33. The molecule has 6 heteroatoms. The van der Waals surface area contributed by atoms with Crippen molar-refractivity contribution in [2.75, 3.05) is 12.8 Å². The Morgan fingerprint density at radius 2 is 2.16 bits per heavy atom. The minimum atomic E-state index is 0.294. The summed E-state index contributed by atoms with van der Waals surface area (Å²) in [4.78, 5) is 8.88. The average molecular weight is 261 g/mol. The molecule has 6 nitrogen and oxygen atoms in total. The first kappa shape index (κ1) is 12.3. The fourth-order valence-electron chi connectivity index (χ4n) is 2.85. The largest absolute Gasteiger partial charge is 0.380 e. The molecule has 2 N–H and O–H groups in total. The molecule has 102 valence electrons. The molecule has 1 aliphatic carbocycles. The highest BCUT2D eigenvalue weighted by molar-refractivity contribution is 5.49. The van der Waals surface area contributed by atoms with Gasteiger partial charge in [0.1, 0.15) is 5.82 Å². The molecule has 1 aliphatic rings. The van der Waals surface area contributed by atoms with Crippen LogP contribution in [0.4, 0.5) is 5.95 Å². The van der Waals surface area contributed by atoms with Gasteiger partial charge in [-0.05, 0) is 12.8 Å². The first-order valence-corrected chi connectivity index (χ1v) is 6.78. The number of nitrogens with two attached hydrogens (primary N) is 1. The normalized spacial score (nSPS) is 17.1. The van der Waals surface area contributed by atoms with Crippen LogP contribution in [0.15, 0.2) is 6.20 Å². The molecule has 0 saturated heterocycles. The van der Waals surface area contributed by atoms with Gasteiger partial charge in [-0.15, -0.1) is 5.10 Å². The second kappa shape index (κ2) is 5.13. The van der Waals surface area contributed by atoms with E-state index in [0.29, 0.717) is 18.5 Å². The zero-order chi connectivity index (χ0) is 13.2. The lowest BCUT2D eigenvalue weighted by atomic mass is 9.88. The van der Waals surface area contributed by atoms with Crippen LogP contribution in [0.25, 0.3) is 5.65 Å². The van der Waals surface area contributed by atoms with Gasteiger partial charge in [-0.25, -0.2) is 4.98 Å². The Hall–Kier alpha value is -1.69. The van der Waals surface area contributed by atoms with Crippen molar-refractivity contribution in [2.45, 2.75) is 44.6 Å². The van der Waals surface area contributed by atoms with Crippen LogP contribution in [0.3, 0.4) is 0 Å². The van der Waals surface area contributed by atoms with Crippen LogP contribution < -0.4 is 5.73 Å². The number of ether oxygens (including phenoxy) is 1. The summed E-state index contributed by atoms with van der Waals surface area (Å²) < 4.78 is 6.97. The van der Waals surface area contributed by atoms with Crippen molar-refractivity contribution >= 4 is 11.6 Å². The average Bonchev–Trinajstić information content (AvgIpc) is 2.82. The first-order valence-electron chi connectivity index (χ1n) is 6.78. The molecule has 0 aliphatic heterocycles. The smallest absolute Gasteiger partial charge is 0.240 e. The van der Waals surface area contributed by atoms with Crippen LogP contribution >= 0.6 is 0 Å². The molecule has 0 atom stereocenters. The molecule has 0 aromatic carbocycles. The highest BCUT2D eigenvalue weighted by Gasteiger charge is 2.21. The van der Waals surface area contributed by atoms with Gasteiger partial charge in [0.15, 0.2) is 5.65 Å². The van der Waals surface area contributed by atoms with E-state index in [4.69, 9.17) is 10.5 Å². The molecular weight excluding hydrogens is 242 g/mol. The third kappa shape index (κ3) is 2.28. The van der Waals surface area contributed by atoms with Crippen LogP contribution in [0, 0.1) is 0 Å². The zero-order valence-corrected chi connectivity index (χ0v) is 11.2. The molecule has 0 radical (unpaired) electrons. The number of nitrogen functional groups attached to an aromatic ring is 1. The number of methoxy groups -OCH3 is 1. The Morgan fingerprint density at radius 3 is 2.89 bits per heavy atom. The second-order valence-corrected chi connectivity index (χ2v) is 5.11. The van der Waals surface area contributed by atoms with E-state index in [1.807, 2.05) is 6.20 Å². The van der Waals surface area contributed by atoms with Gasteiger partial charge >= 0.3 is 0 Å². The summed E-state index contributed by atoms with van der Waals surface area (Å²) in [7, 11) is 1.66. The Morgan fingerprint density at radius 1 is 1.37 bits per heavy atom. The maximum absolute atomic E-state index is 5.74. The minimum Gasteiger partial charge on any atom is -0.380 e.